The Morgan fingerprint density at radius 3 is 2.61 bits per heavy atom. The summed E-state index contributed by atoms with van der Waals surface area (Å²) in [7, 11) is 1.80. The van der Waals surface area contributed by atoms with Gasteiger partial charge in [0.15, 0.2) is 0 Å². The van der Waals surface area contributed by atoms with Gasteiger partial charge in [-0.05, 0) is 30.2 Å². The molecule has 4 aromatic rings. The second kappa shape index (κ2) is 5.39. The van der Waals surface area contributed by atoms with Crippen molar-refractivity contribution in [2.24, 2.45) is 7.05 Å². The van der Waals surface area contributed by atoms with E-state index in [0.29, 0.717) is 5.39 Å². The van der Waals surface area contributed by atoms with Crippen LogP contribution in [0.1, 0.15) is 11.4 Å². The van der Waals surface area contributed by atoms with Gasteiger partial charge in [0.05, 0.1) is 10.9 Å². The smallest absolute Gasteiger partial charge is 0.261 e. The lowest BCUT2D eigenvalue weighted by atomic mass is 10.1. The fraction of sp³-hybridized carbons (Fsp3) is 0.158. The molecule has 4 heteroatoms. The number of nitrogens with zero attached hydrogens (tertiary/aromatic N) is 2. The SMILES string of the molecule is Cn1c(CCc2c[nH]c3ccccc23)nc2ccccc2c1=O. The highest BCUT2D eigenvalue weighted by Crippen LogP contribution is 2.19. The van der Waals surface area contributed by atoms with Crippen LogP contribution in [0, 0.1) is 0 Å². The molecule has 23 heavy (non-hydrogen) atoms. The van der Waals surface area contributed by atoms with E-state index >= 15 is 0 Å². The molecule has 2 heterocycles. The molecular formula is C19H17N3O. The van der Waals surface area contributed by atoms with Gasteiger partial charge in [-0.3, -0.25) is 9.36 Å². The maximum atomic E-state index is 12.4. The van der Waals surface area contributed by atoms with Crippen molar-refractivity contribution in [3.05, 3.63) is 76.5 Å². The van der Waals surface area contributed by atoms with Crippen LogP contribution in [0.3, 0.4) is 0 Å². The molecule has 0 saturated heterocycles. The summed E-state index contributed by atoms with van der Waals surface area (Å²) in [5.74, 6) is 0.819. The van der Waals surface area contributed by atoms with Gasteiger partial charge >= 0.3 is 0 Å². The first-order valence-corrected chi connectivity index (χ1v) is 7.73. The minimum Gasteiger partial charge on any atom is -0.361 e. The topological polar surface area (TPSA) is 50.7 Å². The Morgan fingerprint density at radius 2 is 1.74 bits per heavy atom. The molecule has 0 aliphatic carbocycles. The van der Waals surface area contributed by atoms with Gasteiger partial charge in [0.1, 0.15) is 5.82 Å². The molecule has 2 aromatic heterocycles. The lowest BCUT2D eigenvalue weighted by molar-refractivity contribution is 0.727. The van der Waals surface area contributed by atoms with Crippen LogP contribution < -0.4 is 5.56 Å². The lowest BCUT2D eigenvalue weighted by Crippen LogP contribution is -2.22. The van der Waals surface area contributed by atoms with Crippen molar-refractivity contribution in [3.8, 4) is 0 Å². The maximum Gasteiger partial charge on any atom is 0.261 e. The first-order chi connectivity index (χ1) is 11.2. The fourth-order valence-electron chi connectivity index (χ4n) is 3.07. The summed E-state index contributed by atoms with van der Waals surface area (Å²) in [5.41, 5.74) is 3.18. The zero-order valence-corrected chi connectivity index (χ0v) is 12.9. The van der Waals surface area contributed by atoms with Crippen molar-refractivity contribution >= 4 is 21.8 Å². The van der Waals surface area contributed by atoms with Gasteiger partial charge in [0, 0.05) is 30.6 Å². The molecular weight excluding hydrogens is 286 g/mol. The number of nitrogens with one attached hydrogen (secondary N) is 1. The van der Waals surface area contributed by atoms with Crippen LogP contribution in [0.15, 0.2) is 59.5 Å². The molecule has 0 spiro atoms. The minimum absolute atomic E-state index is 0.0181. The van der Waals surface area contributed by atoms with E-state index < -0.39 is 0 Å². The van der Waals surface area contributed by atoms with Crippen molar-refractivity contribution < 1.29 is 0 Å². The maximum absolute atomic E-state index is 12.4. The fourth-order valence-corrected chi connectivity index (χ4v) is 3.07. The quantitative estimate of drug-likeness (QED) is 0.632. The second-order valence-electron chi connectivity index (χ2n) is 5.77. The van der Waals surface area contributed by atoms with E-state index in [9.17, 15) is 4.79 Å². The molecule has 0 unspecified atom stereocenters. The molecule has 2 aromatic carbocycles. The van der Waals surface area contributed by atoms with E-state index in [1.165, 1.54) is 10.9 Å². The van der Waals surface area contributed by atoms with Crippen LogP contribution in [-0.2, 0) is 19.9 Å². The number of para-hydroxylation sites is 2. The average molecular weight is 303 g/mol. The lowest BCUT2D eigenvalue weighted by Gasteiger charge is -2.09. The number of rotatable bonds is 3. The van der Waals surface area contributed by atoms with Gasteiger partial charge in [-0.25, -0.2) is 4.98 Å². The van der Waals surface area contributed by atoms with Crippen LogP contribution in [-0.4, -0.2) is 14.5 Å². The normalized spacial score (nSPS) is 11.3. The third kappa shape index (κ3) is 2.32. The van der Waals surface area contributed by atoms with Crippen molar-refractivity contribution in [1.82, 2.24) is 14.5 Å². The van der Waals surface area contributed by atoms with E-state index in [0.717, 1.165) is 29.7 Å². The number of hydrogen-bond acceptors (Lipinski definition) is 2. The third-order valence-electron chi connectivity index (χ3n) is 4.37. The number of hydrogen-bond donors (Lipinski definition) is 1. The van der Waals surface area contributed by atoms with E-state index in [1.807, 2.05) is 42.6 Å². The predicted octanol–water partition coefficient (Wildman–Crippen LogP) is 3.20. The van der Waals surface area contributed by atoms with Gasteiger partial charge in [0.25, 0.3) is 5.56 Å². The Balaban J connectivity index is 1.70. The molecule has 0 atom stereocenters. The number of fused-ring (bicyclic) bond motifs is 2. The van der Waals surface area contributed by atoms with Gasteiger partial charge in [-0.2, -0.15) is 0 Å². The summed E-state index contributed by atoms with van der Waals surface area (Å²) >= 11 is 0. The predicted molar refractivity (Wildman–Crippen MR) is 92.7 cm³/mol. The van der Waals surface area contributed by atoms with Crippen molar-refractivity contribution in [2.75, 3.05) is 0 Å². The number of aryl methyl sites for hydroxylation is 2. The Bertz CT molecular complexity index is 1060. The highest BCUT2D eigenvalue weighted by molar-refractivity contribution is 5.83. The molecule has 0 fully saturated rings. The van der Waals surface area contributed by atoms with Crippen LogP contribution in [0.2, 0.25) is 0 Å². The van der Waals surface area contributed by atoms with Crippen molar-refractivity contribution in [2.45, 2.75) is 12.8 Å². The highest BCUT2D eigenvalue weighted by Gasteiger charge is 2.09. The zero-order valence-electron chi connectivity index (χ0n) is 12.9. The van der Waals surface area contributed by atoms with Gasteiger partial charge < -0.3 is 4.98 Å². The average Bonchev–Trinajstić information content (AvgIpc) is 3.00. The van der Waals surface area contributed by atoms with Crippen molar-refractivity contribution in [3.63, 3.8) is 0 Å². The summed E-state index contributed by atoms with van der Waals surface area (Å²) in [4.78, 5) is 20.4. The Labute approximate surface area is 133 Å². The number of H-pyrrole nitrogens is 1. The number of aromatic nitrogens is 3. The molecule has 0 amide bonds. The summed E-state index contributed by atoms with van der Waals surface area (Å²) < 4.78 is 1.66. The third-order valence-corrected chi connectivity index (χ3v) is 4.37. The number of benzene rings is 2. The second-order valence-corrected chi connectivity index (χ2v) is 5.77. The van der Waals surface area contributed by atoms with Crippen LogP contribution >= 0.6 is 0 Å². The summed E-state index contributed by atoms with van der Waals surface area (Å²) in [6, 6.07) is 15.8. The van der Waals surface area contributed by atoms with E-state index in [2.05, 4.69) is 22.1 Å². The summed E-state index contributed by atoms with van der Waals surface area (Å²) in [5, 5.41) is 1.91. The molecule has 0 aliphatic heterocycles. The monoisotopic (exact) mass is 303 g/mol. The molecule has 1 N–H and O–H groups in total. The van der Waals surface area contributed by atoms with Gasteiger partial charge in [-0.15, -0.1) is 0 Å². The molecule has 0 aliphatic rings. The highest BCUT2D eigenvalue weighted by atomic mass is 16.1. The summed E-state index contributed by atoms with van der Waals surface area (Å²) in [6.07, 6.45) is 3.63. The standard InChI is InChI=1S/C19H17N3O/c1-22-18(21-17-9-5-3-7-15(17)19(22)23)11-10-13-12-20-16-8-4-2-6-14(13)16/h2-9,12,20H,10-11H2,1H3. The molecule has 0 saturated carbocycles. The summed E-state index contributed by atoms with van der Waals surface area (Å²) in [6.45, 7) is 0. The van der Waals surface area contributed by atoms with Crippen LogP contribution in [0.25, 0.3) is 21.8 Å². The Kier molecular flexibility index (Phi) is 3.23. The molecule has 114 valence electrons. The van der Waals surface area contributed by atoms with E-state index in [1.54, 1.807) is 11.6 Å². The molecule has 0 radical (unpaired) electrons. The van der Waals surface area contributed by atoms with Crippen LogP contribution in [0.4, 0.5) is 0 Å². The van der Waals surface area contributed by atoms with Crippen molar-refractivity contribution in [1.29, 1.82) is 0 Å². The first kappa shape index (κ1) is 13.8. The first-order valence-electron chi connectivity index (χ1n) is 7.73. The van der Waals surface area contributed by atoms with Crippen LogP contribution in [0.5, 0.6) is 0 Å². The largest absolute Gasteiger partial charge is 0.361 e. The van der Waals surface area contributed by atoms with Gasteiger partial charge in [-0.1, -0.05) is 30.3 Å². The minimum atomic E-state index is 0.0181. The van der Waals surface area contributed by atoms with E-state index in [-0.39, 0.29) is 5.56 Å². The molecule has 4 rings (SSSR count). The Hall–Kier alpha value is -2.88. The molecule has 0 bridgehead atoms. The zero-order chi connectivity index (χ0) is 15.8. The van der Waals surface area contributed by atoms with Gasteiger partial charge in [0.2, 0.25) is 0 Å². The molecule has 4 nitrogen and oxygen atoms in total. The number of aromatic amines is 1. The van der Waals surface area contributed by atoms with E-state index in [4.69, 9.17) is 0 Å². The Morgan fingerprint density at radius 1 is 1.00 bits per heavy atom.